The molecule has 0 bridgehead atoms. The number of fused-ring (bicyclic) bond motifs is 2. The highest BCUT2D eigenvalue weighted by Gasteiger charge is 2.65. The molecular formula is C46H59ClFN6O9P. The van der Waals surface area contributed by atoms with E-state index in [0.717, 1.165) is 25.3 Å². The van der Waals surface area contributed by atoms with Crippen LogP contribution in [0.1, 0.15) is 121 Å². The van der Waals surface area contributed by atoms with Crippen LogP contribution in [0.4, 0.5) is 10.2 Å². The summed E-state index contributed by atoms with van der Waals surface area (Å²) in [4.78, 5) is 4.06. The summed E-state index contributed by atoms with van der Waals surface area (Å²) < 4.78 is 80.4. The number of nitrogens with zero attached hydrogens (tertiary/aromatic N) is 5. The van der Waals surface area contributed by atoms with E-state index >= 15 is 0 Å². The van der Waals surface area contributed by atoms with E-state index in [1.807, 2.05) is 6.07 Å². The third kappa shape index (κ3) is 13.0. The van der Waals surface area contributed by atoms with Crippen molar-refractivity contribution in [1.29, 1.82) is 10.5 Å². The summed E-state index contributed by atoms with van der Waals surface area (Å²) in [6.07, 6.45) is 12.1. The quantitative estimate of drug-likeness (QED) is 0.0438. The van der Waals surface area contributed by atoms with Crippen molar-refractivity contribution in [3.8, 4) is 17.9 Å². The summed E-state index contributed by atoms with van der Waals surface area (Å²) in [5.41, 5.74) is 5.59. The lowest BCUT2D eigenvalue weighted by Crippen LogP contribution is -2.46. The first kappa shape index (κ1) is 49.2. The Hall–Kier alpha value is -4.19. The van der Waals surface area contributed by atoms with Crippen molar-refractivity contribution in [2.45, 2.75) is 140 Å². The monoisotopic (exact) mass is 924 g/mol. The number of benzene rings is 2. The van der Waals surface area contributed by atoms with Crippen LogP contribution < -0.4 is 10.3 Å². The average Bonchev–Trinajstić information content (AvgIpc) is 3.95. The number of phosphoric ester groups is 1. The number of ether oxygens (including phenoxy) is 5. The summed E-state index contributed by atoms with van der Waals surface area (Å²) in [6, 6.07) is 18.0. The first-order valence-corrected chi connectivity index (χ1v) is 24.0. The van der Waals surface area contributed by atoms with Gasteiger partial charge < -0.3 is 33.9 Å². The maximum Gasteiger partial charge on any atom is 0.530 e. The number of rotatable bonds is 27. The first-order valence-electron chi connectivity index (χ1n) is 22.1. The smallest absolute Gasteiger partial charge is 0.402 e. The second-order valence-electron chi connectivity index (χ2n) is 16.6. The molecule has 2 aromatic heterocycles. The molecule has 0 aliphatic carbocycles. The second kappa shape index (κ2) is 23.3. The number of nitrogen functional groups attached to an aromatic ring is 1. The van der Waals surface area contributed by atoms with Crippen molar-refractivity contribution < 1.29 is 46.2 Å². The van der Waals surface area contributed by atoms with Crippen LogP contribution in [0.5, 0.6) is 5.75 Å². The predicted molar refractivity (Wildman–Crippen MR) is 237 cm³/mol. The Morgan fingerprint density at radius 2 is 1.66 bits per heavy atom. The van der Waals surface area contributed by atoms with Gasteiger partial charge in [-0.1, -0.05) is 107 Å². The van der Waals surface area contributed by atoms with Gasteiger partial charge in [0.05, 0.1) is 42.2 Å². The molecule has 64 heavy (non-hydrogen) atoms. The predicted octanol–water partition coefficient (Wildman–Crippen LogP) is 10.4. The number of anilines is 1. The maximum absolute atomic E-state index is 14.9. The SMILES string of the molecule is CCCCCCCCCCCCCCOC[C@H](COP(=O)(OC[C@@]1(C#N)OC(c2ccc3c(N)ncnn23)[C@@H]2OC(C)(C)O[C@@H]21)Oc1ccccc1Cl)OCc1ccc(C#N)cc1F. The Balaban J connectivity index is 1.14. The van der Waals surface area contributed by atoms with Gasteiger partial charge in [0, 0.05) is 12.2 Å². The van der Waals surface area contributed by atoms with Crippen molar-refractivity contribution in [3.05, 3.63) is 88.6 Å². The minimum absolute atomic E-state index is 0.00168. The highest BCUT2D eigenvalue weighted by atomic mass is 35.5. The van der Waals surface area contributed by atoms with E-state index in [-0.39, 0.29) is 40.9 Å². The molecule has 4 aromatic rings. The largest absolute Gasteiger partial charge is 0.530 e. The lowest BCUT2D eigenvalue weighted by Gasteiger charge is -2.30. The molecule has 2 N–H and O–H groups in total. The topological polar surface area (TPSA) is 195 Å². The van der Waals surface area contributed by atoms with Crippen LogP contribution in [-0.4, -0.2) is 70.7 Å². The third-order valence-electron chi connectivity index (χ3n) is 11.2. The summed E-state index contributed by atoms with van der Waals surface area (Å²) in [7, 11) is -4.71. The second-order valence-corrected chi connectivity index (χ2v) is 18.6. The molecule has 2 aromatic carbocycles. The van der Waals surface area contributed by atoms with Gasteiger partial charge in [-0.25, -0.2) is 18.5 Å². The molecule has 0 amide bonds. The summed E-state index contributed by atoms with van der Waals surface area (Å²) in [5.74, 6) is -1.53. The number of para-hydroxylation sites is 1. The van der Waals surface area contributed by atoms with Crippen LogP contribution >= 0.6 is 19.4 Å². The molecule has 0 saturated carbocycles. The summed E-state index contributed by atoms with van der Waals surface area (Å²) >= 11 is 6.45. The van der Waals surface area contributed by atoms with Gasteiger partial charge in [0.1, 0.15) is 60.5 Å². The zero-order valence-electron chi connectivity index (χ0n) is 36.8. The van der Waals surface area contributed by atoms with E-state index in [1.54, 1.807) is 48.7 Å². The molecule has 2 unspecified atom stereocenters. The number of aromatic nitrogens is 3. The van der Waals surface area contributed by atoms with Gasteiger partial charge in [-0.15, -0.1) is 0 Å². The molecule has 4 heterocycles. The van der Waals surface area contributed by atoms with Crippen LogP contribution in [0.15, 0.2) is 60.9 Å². The van der Waals surface area contributed by atoms with Gasteiger partial charge in [0.15, 0.2) is 11.6 Å². The van der Waals surface area contributed by atoms with Crippen LogP contribution in [0.25, 0.3) is 5.52 Å². The van der Waals surface area contributed by atoms with Crippen molar-refractivity contribution in [1.82, 2.24) is 14.6 Å². The molecule has 6 rings (SSSR count). The van der Waals surface area contributed by atoms with Gasteiger partial charge in [-0.05, 0) is 56.7 Å². The summed E-state index contributed by atoms with van der Waals surface area (Å²) in [5, 5.41) is 24.5. The zero-order chi connectivity index (χ0) is 45.6. The summed E-state index contributed by atoms with van der Waals surface area (Å²) in [6.45, 7) is 4.80. The zero-order valence-corrected chi connectivity index (χ0v) is 38.4. The maximum atomic E-state index is 14.9. The van der Waals surface area contributed by atoms with Crippen LogP contribution in [0.2, 0.25) is 5.02 Å². The average molecular weight is 925 g/mol. The van der Waals surface area contributed by atoms with Crippen molar-refractivity contribution in [3.63, 3.8) is 0 Å². The molecule has 0 spiro atoms. The number of nitrogens with two attached hydrogens (primary N) is 1. The van der Waals surface area contributed by atoms with E-state index < -0.39 is 62.7 Å². The molecular weight excluding hydrogens is 866 g/mol. The molecule has 15 nitrogen and oxygen atoms in total. The molecule has 6 atom stereocenters. The van der Waals surface area contributed by atoms with Gasteiger partial charge >= 0.3 is 7.82 Å². The van der Waals surface area contributed by atoms with Crippen LogP contribution in [0.3, 0.4) is 0 Å². The minimum atomic E-state index is -4.71. The van der Waals surface area contributed by atoms with E-state index in [4.69, 9.17) is 54.6 Å². The third-order valence-corrected chi connectivity index (χ3v) is 12.9. The highest BCUT2D eigenvalue weighted by Crippen LogP contribution is 2.55. The minimum Gasteiger partial charge on any atom is -0.402 e. The van der Waals surface area contributed by atoms with Gasteiger partial charge in [-0.3, -0.25) is 9.05 Å². The Morgan fingerprint density at radius 3 is 2.34 bits per heavy atom. The Labute approximate surface area is 379 Å². The molecule has 2 aliphatic heterocycles. The fourth-order valence-electron chi connectivity index (χ4n) is 7.81. The number of phosphoric acid groups is 1. The highest BCUT2D eigenvalue weighted by molar-refractivity contribution is 7.49. The molecule has 18 heteroatoms. The fraction of sp³-hybridized carbons (Fsp3) is 0.565. The fourth-order valence-corrected chi connectivity index (χ4v) is 9.32. The van der Waals surface area contributed by atoms with Crippen molar-refractivity contribution in [2.24, 2.45) is 0 Å². The van der Waals surface area contributed by atoms with E-state index in [2.05, 4.69) is 23.1 Å². The van der Waals surface area contributed by atoms with E-state index in [0.29, 0.717) is 17.8 Å². The van der Waals surface area contributed by atoms with E-state index in [9.17, 15) is 19.5 Å². The molecule has 0 radical (unpaired) electrons. The van der Waals surface area contributed by atoms with Gasteiger partial charge in [0.2, 0.25) is 5.60 Å². The Bertz CT molecular complexity index is 2270. The van der Waals surface area contributed by atoms with Crippen molar-refractivity contribution in [2.75, 3.05) is 32.2 Å². The molecule has 2 saturated heterocycles. The van der Waals surface area contributed by atoms with Crippen LogP contribution in [-0.2, 0) is 43.9 Å². The molecule has 2 fully saturated rings. The standard InChI is InChI=1S/C46H59ClFN6O9P/c1-4-5-6-7-8-9-10-11-12-13-14-17-24-56-28-35(57-27-34-21-20-33(26-49)25-37(34)48)29-58-64(55,63-40-19-16-15-18-36(40)47)59-31-46(30-50)43-42(60-45(2,3)62-43)41(61-46)38-22-23-39-44(51)52-32-53-54(38)39/h15-16,18-23,25,32,35,41-43H,4-14,17,24,27-29,31H2,1-3H3,(H2,51,52,53)/t35-,41?,42+,43+,46-,64?/m1/s1. The van der Waals surface area contributed by atoms with Gasteiger partial charge in [-0.2, -0.15) is 15.6 Å². The number of unbranched alkanes of at least 4 members (excludes halogenated alkanes) is 11. The number of nitriles is 2. The lowest BCUT2D eigenvalue weighted by molar-refractivity contribution is -0.204. The number of halogens is 2. The number of hydrogen-bond acceptors (Lipinski definition) is 14. The van der Waals surface area contributed by atoms with E-state index in [1.165, 1.54) is 82.3 Å². The Kier molecular flexibility index (Phi) is 17.9. The van der Waals surface area contributed by atoms with Gasteiger partial charge in [0.25, 0.3) is 0 Å². The Morgan fingerprint density at radius 1 is 0.938 bits per heavy atom. The number of hydrogen-bond donors (Lipinski definition) is 1. The van der Waals surface area contributed by atoms with Crippen LogP contribution in [0, 0.1) is 28.5 Å². The normalized spacial score (nSPS) is 21.6. The first-order chi connectivity index (χ1) is 30.9. The molecule has 2 aliphatic rings. The lowest BCUT2D eigenvalue weighted by atomic mass is 9.96. The molecule has 346 valence electrons. The van der Waals surface area contributed by atoms with Crippen molar-refractivity contribution >= 4 is 30.8 Å².